The molecule has 1 amide bonds. The first-order valence-corrected chi connectivity index (χ1v) is 9.23. The zero-order valence-corrected chi connectivity index (χ0v) is 15.4. The topological polar surface area (TPSA) is 32.3 Å². The predicted octanol–water partition coefficient (Wildman–Crippen LogP) is 3.86. The Morgan fingerprint density at radius 3 is 2.54 bits per heavy atom. The molecule has 0 bridgehead atoms. The van der Waals surface area contributed by atoms with E-state index in [2.05, 4.69) is 31.0 Å². The largest absolute Gasteiger partial charge is 0.355 e. The van der Waals surface area contributed by atoms with Crippen LogP contribution in [0.4, 0.5) is 4.39 Å². The summed E-state index contributed by atoms with van der Waals surface area (Å²) < 4.78 is 13.5. The van der Waals surface area contributed by atoms with Crippen molar-refractivity contribution in [2.75, 3.05) is 19.6 Å². The van der Waals surface area contributed by atoms with E-state index in [0.717, 1.165) is 18.7 Å². The summed E-state index contributed by atoms with van der Waals surface area (Å²) in [4.78, 5) is 14.7. The fraction of sp³-hybridized carbons (Fsp3) is 0.650. The fourth-order valence-electron chi connectivity index (χ4n) is 3.46. The number of nitrogens with zero attached hydrogens (tertiary/aromatic N) is 1. The lowest BCUT2D eigenvalue weighted by Gasteiger charge is -2.26. The highest BCUT2D eigenvalue weighted by Crippen LogP contribution is 2.44. The molecule has 0 aliphatic heterocycles. The zero-order chi connectivity index (χ0) is 17.7. The Bertz CT molecular complexity index is 553. The van der Waals surface area contributed by atoms with Crippen molar-refractivity contribution in [2.45, 2.75) is 58.9 Å². The van der Waals surface area contributed by atoms with Gasteiger partial charge in [-0.3, -0.25) is 9.69 Å². The van der Waals surface area contributed by atoms with E-state index in [0.29, 0.717) is 30.5 Å². The molecule has 1 N–H and O–H groups in total. The lowest BCUT2D eigenvalue weighted by molar-refractivity contribution is -0.121. The number of amides is 1. The molecule has 2 atom stereocenters. The molecule has 1 aromatic rings. The minimum atomic E-state index is -0.175. The van der Waals surface area contributed by atoms with Crippen LogP contribution in [-0.4, -0.2) is 36.5 Å². The molecule has 4 heteroatoms. The minimum Gasteiger partial charge on any atom is -0.355 e. The third kappa shape index (κ3) is 5.04. The van der Waals surface area contributed by atoms with E-state index in [-0.39, 0.29) is 17.6 Å². The summed E-state index contributed by atoms with van der Waals surface area (Å²) in [6.45, 7) is 10.9. The highest BCUT2D eigenvalue weighted by molar-refractivity contribution is 5.77. The molecule has 0 aromatic heterocycles. The van der Waals surface area contributed by atoms with Crippen molar-refractivity contribution < 1.29 is 9.18 Å². The van der Waals surface area contributed by atoms with Gasteiger partial charge in [0.05, 0.1) is 0 Å². The first kappa shape index (κ1) is 18.9. The van der Waals surface area contributed by atoms with E-state index < -0.39 is 0 Å². The minimum absolute atomic E-state index is 0.105. The highest BCUT2D eigenvalue weighted by Gasteiger charge is 2.34. The van der Waals surface area contributed by atoms with E-state index in [4.69, 9.17) is 0 Å². The molecule has 0 radical (unpaired) electrons. The molecule has 0 spiro atoms. The van der Waals surface area contributed by atoms with Gasteiger partial charge in [0.25, 0.3) is 0 Å². The molecule has 1 fully saturated rings. The lowest BCUT2D eigenvalue weighted by atomic mass is 9.89. The summed E-state index contributed by atoms with van der Waals surface area (Å²) in [5, 5.41) is 3.09. The maximum Gasteiger partial charge on any atom is 0.220 e. The van der Waals surface area contributed by atoms with Crippen molar-refractivity contribution in [1.82, 2.24) is 10.2 Å². The van der Waals surface area contributed by atoms with E-state index in [1.165, 1.54) is 18.9 Å². The molecule has 1 aliphatic carbocycles. The van der Waals surface area contributed by atoms with E-state index in [1.54, 1.807) is 6.92 Å². The lowest BCUT2D eigenvalue weighted by Crippen LogP contribution is -2.42. The van der Waals surface area contributed by atoms with Crippen LogP contribution >= 0.6 is 0 Å². The van der Waals surface area contributed by atoms with E-state index >= 15 is 0 Å². The van der Waals surface area contributed by atoms with Crippen LogP contribution in [0.25, 0.3) is 0 Å². The number of aryl methyl sites for hydroxylation is 1. The predicted molar refractivity (Wildman–Crippen MR) is 96.6 cm³/mol. The molecule has 1 aliphatic rings. The summed E-state index contributed by atoms with van der Waals surface area (Å²) in [6.07, 6.45) is 2.84. The average Bonchev–Trinajstić information content (AvgIpc) is 3.39. The number of carbonyl (C=O) groups is 1. The van der Waals surface area contributed by atoms with Crippen LogP contribution in [0.5, 0.6) is 0 Å². The quantitative estimate of drug-likeness (QED) is 0.743. The Balaban J connectivity index is 1.93. The van der Waals surface area contributed by atoms with Crippen LogP contribution in [0.3, 0.4) is 0 Å². The van der Waals surface area contributed by atoms with Gasteiger partial charge in [-0.25, -0.2) is 4.39 Å². The van der Waals surface area contributed by atoms with Crippen LogP contribution in [-0.2, 0) is 4.79 Å². The Kier molecular flexibility index (Phi) is 6.79. The zero-order valence-electron chi connectivity index (χ0n) is 15.4. The molecule has 1 saturated carbocycles. The van der Waals surface area contributed by atoms with Gasteiger partial charge >= 0.3 is 0 Å². The highest BCUT2D eigenvalue weighted by atomic mass is 19.1. The van der Waals surface area contributed by atoms with Gasteiger partial charge in [-0.05, 0) is 68.8 Å². The molecule has 2 unspecified atom stereocenters. The molecular formula is C20H31FN2O. The third-order valence-electron chi connectivity index (χ3n) is 5.24. The Hall–Kier alpha value is -1.42. The van der Waals surface area contributed by atoms with Crippen LogP contribution in [0.2, 0.25) is 0 Å². The second kappa shape index (κ2) is 8.61. The van der Waals surface area contributed by atoms with Crippen LogP contribution in [0, 0.1) is 18.7 Å². The fourth-order valence-corrected chi connectivity index (χ4v) is 3.46. The number of hydrogen-bond donors (Lipinski definition) is 1. The van der Waals surface area contributed by atoms with Gasteiger partial charge in [-0.1, -0.05) is 26.0 Å². The van der Waals surface area contributed by atoms with Gasteiger partial charge in [0.2, 0.25) is 5.91 Å². The molecule has 24 heavy (non-hydrogen) atoms. The normalized spacial score (nSPS) is 16.9. The standard InChI is InChI=1S/C20H31FN2O/c1-5-23(6-2)15(4)13-22-20(24)12-18(16-7-8-16)17-9-10-19(21)14(3)11-17/h9-11,15-16,18H,5-8,12-13H2,1-4H3,(H,22,24). The molecule has 0 heterocycles. The molecular weight excluding hydrogens is 303 g/mol. The van der Waals surface area contributed by atoms with E-state index in [9.17, 15) is 9.18 Å². The van der Waals surface area contributed by atoms with Crippen molar-refractivity contribution in [3.63, 3.8) is 0 Å². The summed E-state index contributed by atoms with van der Waals surface area (Å²) >= 11 is 0. The van der Waals surface area contributed by atoms with Gasteiger partial charge in [0.1, 0.15) is 5.82 Å². The maximum atomic E-state index is 13.5. The molecule has 2 rings (SSSR count). The summed E-state index contributed by atoms with van der Waals surface area (Å²) in [5.41, 5.74) is 1.76. The van der Waals surface area contributed by atoms with Crippen molar-refractivity contribution in [3.05, 3.63) is 35.1 Å². The molecule has 3 nitrogen and oxygen atoms in total. The number of carbonyl (C=O) groups excluding carboxylic acids is 1. The number of rotatable bonds is 9. The number of halogens is 1. The van der Waals surface area contributed by atoms with Gasteiger partial charge in [-0.2, -0.15) is 0 Å². The maximum absolute atomic E-state index is 13.5. The SMILES string of the molecule is CCN(CC)C(C)CNC(=O)CC(c1ccc(F)c(C)c1)C1CC1. The van der Waals surface area contributed by atoms with Gasteiger partial charge in [0.15, 0.2) is 0 Å². The second-order valence-corrected chi connectivity index (χ2v) is 7.03. The van der Waals surface area contributed by atoms with Gasteiger partial charge in [0, 0.05) is 19.0 Å². The summed E-state index contributed by atoms with van der Waals surface area (Å²) in [7, 11) is 0. The smallest absolute Gasteiger partial charge is 0.220 e. The van der Waals surface area contributed by atoms with Crippen molar-refractivity contribution in [2.24, 2.45) is 5.92 Å². The van der Waals surface area contributed by atoms with Crippen molar-refractivity contribution >= 4 is 5.91 Å². The van der Waals surface area contributed by atoms with Crippen LogP contribution < -0.4 is 5.32 Å². The van der Waals surface area contributed by atoms with Crippen LogP contribution in [0.15, 0.2) is 18.2 Å². The van der Waals surface area contributed by atoms with Crippen molar-refractivity contribution in [3.8, 4) is 0 Å². The summed E-state index contributed by atoms with van der Waals surface area (Å²) in [5.74, 6) is 0.715. The number of hydrogen-bond acceptors (Lipinski definition) is 2. The van der Waals surface area contributed by atoms with Gasteiger partial charge < -0.3 is 5.32 Å². The number of nitrogens with one attached hydrogen (secondary N) is 1. The van der Waals surface area contributed by atoms with Gasteiger partial charge in [-0.15, -0.1) is 0 Å². The van der Waals surface area contributed by atoms with Crippen molar-refractivity contribution in [1.29, 1.82) is 0 Å². The number of benzene rings is 1. The number of likely N-dealkylation sites (N-methyl/N-ethyl adjacent to an activating group) is 1. The first-order valence-electron chi connectivity index (χ1n) is 9.23. The Labute approximate surface area is 145 Å². The third-order valence-corrected chi connectivity index (χ3v) is 5.24. The van der Waals surface area contributed by atoms with E-state index in [1.807, 2.05) is 12.1 Å². The monoisotopic (exact) mass is 334 g/mol. The molecule has 134 valence electrons. The molecule has 1 aromatic carbocycles. The Morgan fingerprint density at radius 1 is 1.33 bits per heavy atom. The Morgan fingerprint density at radius 2 is 2.00 bits per heavy atom. The average molecular weight is 334 g/mol. The second-order valence-electron chi connectivity index (χ2n) is 7.03. The first-order chi connectivity index (χ1) is 11.5. The molecule has 0 saturated heterocycles. The summed E-state index contributed by atoms with van der Waals surface area (Å²) in [6, 6.07) is 5.62. The van der Waals surface area contributed by atoms with Crippen LogP contribution in [0.1, 0.15) is 57.1 Å².